The summed E-state index contributed by atoms with van der Waals surface area (Å²) in [6, 6.07) is 5.48. The summed E-state index contributed by atoms with van der Waals surface area (Å²) in [6.07, 6.45) is 11.8. The van der Waals surface area contributed by atoms with Crippen LogP contribution in [0.3, 0.4) is 0 Å². The predicted octanol–water partition coefficient (Wildman–Crippen LogP) is 6.86. The van der Waals surface area contributed by atoms with Crippen molar-refractivity contribution in [2.45, 2.75) is 114 Å². The van der Waals surface area contributed by atoms with E-state index in [-0.39, 0.29) is 0 Å². The molecule has 0 saturated heterocycles. The molecule has 0 N–H and O–H groups in total. The first-order chi connectivity index (χ1) is 10.2. The van der Waals surface area contributed by atoms with E-state index in [4.69, 9.17) is 4.12 Å². The van der Waals surface area contributed by atoms with Crippen molar-refractivity contribution in [3.8, 4) is 0 Å². The van der Waals surface area contributed by atoms with Crippen LogP contribution < -0.4 is 0 Å². The van der Waals surface area contributed by atoms with Gasteiger partial charge in [0.05, 0.1) is 0 Å². The van der Waals surface area contributed by atoms with Crippen molar-refractivity contribution in [2.75, 3.05) is 0 Å². The summed E-state index contributed by atoms with van der Waals surface area (Å²) in [7, 11) is -2.99. The van der Waals surface area contributed by atoms with E-state index in [1.165, 1.54) is 75.5 Å². The molecule has 0 heterocycles. The molecule has 0 radical (unpaired) electrons. The first-order valence-corrected chi connectivity index (χ1v) is 14.7. The van der Waals surface area contributed by atoms with E-state index in [1.54, 1.807) is 0 Å². The summed E-state index contributed by atoms with van der Waals surface area (Å²) < 4.78 is 7.47. The molecule has 2 saturated carbocycles. The SMILES string of the molecule is CC[Si](CC)(O[Si](CC)(CC)C1CCCC1)C1CCCC1. The summed E-state index contributed by atoms with van der Waals surface area (Å²) in [5.74, 6) is 0. The van der Waals surface area contributed by atoms with Crippen LogP contribution in [-0.2, 0) is 4.12 Å². The average molecular weight is 327 g/mol. The minimum absolute atomic E-state index is 0.985. The Hall–Kier alpha value is 0.394. The zero-order valence-corrected chi connectivity index (χ0v) is 17.0. The highest BCUT2D eigenvalue weighted by Crippen LogP contribution is 2.50. The Morgan fingerprint density at radius 3 is 1.14 bits per heavy atom. The van der Waals surface area contributed by atoms with Gasteiger partial charge in [-0.2, -0.15) is 0 Å². The summed E-state index contributed by atoms with van der Waals surface area (Å²) >= 11 is 0. The van der Waals surface area contributed by atoms with Gasteiger partial charge in [-0.05, 0) is 35.3 Å². The molecule has 2 aliphatic carbocycles. The van der Waals surface area contributed by atoms with Crippen LogP contribution in [0.15, 0.2) is 0 Å². The third-order valence-electron chi connectivity index (χ3n) is 7.00. The lowest BCUT2D eigenvalue weighted by atomic mass is 10.4. The molecule has 2 aliphatic rings. The first-order valence-electron chi connectivity index (χ1n) is 9.86. The fourth-order valence-corrected chi connectivity index (χ4v) is 18.5. The van der Waals surface area contributed by atoms with Crippen molar-refractivity contribution in [1.29, 1.82) is 0 Å². The molecule has 0 amide bonds. The van der Waals surface area contributed by atoms with E-state index >= 15 is 0 Å². The maximum atomic E-state index is 7.47. The standard InChI is InChI=1S/C18H38OSi2/c1-5-20(6-2,17-13-9-10-14-17)19-21(7-3,8-4)18-15-11-12-16-18/h17-18H,5-16H2,1-4H3. The van der Waals surface area contributed by atoms with Crippen LogP contribution in [0.2, 0.25) is 35.3 Å². The summed E-state index contributed by atoms with van der Waals surface area (Å²) in [4.78, 5) is 0. The van der Waals surface area contributed by atoms with Gasteiger partial charge in [-0.15, -0.1) is 0 Å². The van der Waals surface area contributed by atoms with Crippen LogP contribution in [0, 0.1) is 0 Å². The smallest absolute Gasteiger partial charge is 0.182 e. The molecule has 0 aromatic heterocycles. The minimum Gasteiger partial charge on any atom is -0.454 e. The first kappa shape index (κ1) is 17.7. The highest BCUT2D eigenvalue weighted by Gasteiger charge is 2.50. The third-order valence-corrected chi connectivity index (χ3v) is 19.2. The number of rotatable bonds is 8. The molecule has 0 atom stereocenters. The molecule has 2 rings (SSSR count). The molecule has 2 fully saturated rings. The van der Waals surface area contributed by atoms with Gasteiger partial charge in [0, 0.05) is 0 Å². The second kappa shape index (κ2) is 7.78. The second-order valence-electron chi connectivity index (χ2n) is 7.61. The van der Waals surface area contributed by atoms with Crippen molar-refractivity contribution in [3.05, 3.63) is 0 Å². The van der Waals surface area contributed by atoms with Gasteiger partial charge in [-0.1, -0.05) is 79.1 Å². The third kappa shape index (κ3) is 3.50. The molecule has 21 heavy (non-hydrogen) atoms. The normalized spacial score (nSPS) is 22.3. The minimum atomic E-state index is -1.49. The maximum Gasteiger partial charge on any atom is 0.182 e. The molecule has 0 unspecified atom stereocenters. The highest BCUT2D eigenvalue weighted by molar-refractivity contribution is 6.88. The van der Waals surface area contributed by atoms with Gasteiger partial charge in [-0.25, -0.2) is 0 Å². The molecule has 0 aliphatic heterocycles. The van der Waals surface area contributed by atoms with Crippen LogP contribution in [0.25, 0.3) is 0 Å². The lowest BCUT2D eigenvalue weighted by molar-refractivity contribution is 0.462. The lowest BCUT2D eigenvalue weighted by Gasteiger charge is -2.47. The fourth-order valence-electron chi connectivity index (χ4n) is 5.42. The van der Waals surface area contributed by atoms with Crippen LogP contribution in [0.1, 0.15) is 79.1 Å². The second-order valence-corrected chi connectivity index (χ2v) is 17.1. The summed E-state index contributed by atoms with van der Waals surface area (Å²) in [5.41, 5.74) is 1.97. The zero-order valence-electron chi connectivity index (χ0n) is 15.0. The van der Waals surface area contributed by atoms with Gasteiger partial charge < -0.3 is 4.12 Å². The molecule has 0 aromatic rings. The zero-order chi connectivity index (χ0) is 15.3. The average Bonchev–Trinajstić information content (AvgIpc) is 3.23. The molecular weight excluding hydrogens is 288 g/mol. The molecule has 3 heteroatoms. The topological polar surface area (TPSA) is 9.23 Å². The maximum absolute atomic E-state index is 7.47. The Morgan fingerprint density at radius 1 is 0.619 bits per heavy atom. The van der Waals surface area contributed by atoms with Gasteiger partial charge >= 0.3 is 0 Å². The largest absolute Gasteiger partial charge is 0.454 e. The molecule has 0 bridgehead atoms. The van der Waals surface area contributed by atoms with Gasteiger partial charge in [0.25, 0.3) is 0 Å². The van der Waals surface area contributed by atoms with Gasteiger partial charge in [0.1, 0.15) is 0 Å². The molecule has 0 spiro atoms. The van der Waals surface area contributed by atoms with Crippen molar-refractivity contribution < 1.29 is 4.12 Å². The predicted molar refractivity (Wildman–Crippen MR) is 99.0 cm³/mol. The molecule has 0 aromatic carbocycles. The van der Waals surface area contributed by atoms with Crippen molar-refractivity contribution in [2.24, 2.45) is 0 Å². The van der Waals surface area contributed by atoms with Gasteiger partial charge in [0.2, 0.25) is 0 Å². The Balaban J connectivity index is 2.22. The van der Waals surface area contributed by atoms with Crippen LogP contribution in [0.4, 0.5) is 0 Å². The Morgan fingerprint density at radius 2 is 0.905 bits per heavy atom. The van der Waals surface area contributed by atoms with Crippen molar-refractivity contribution in [1.82, 2.24) is 0 Å². The van der Waals surface area contributed by atoms with E-state index < -0.39 is 16.6 Å². The quantitative estimate of drug-likeness (QED) is 0.442. The highest BCUT2D eigenvalue weighted by atomic mass is 28.4. The summed E-state index contributed by atoms with van der Waals surface area (Å²) in [6.45, 7) is 9.81. The Bertz CT molecular complexity index is 268. The van der Waals surface area contributed by atoms with Gasteiger partial charge in [0.15, 0.2) is 16.6 Å². The van der Waals surface area contributed by atoms with Crippen LogP contribution in [-0.4, -0.2) is 16.6 Å². The van der Waals surface area contributed by atoms with Crippen LogP contribution >= 0.6 is 0 Å². The molecular formula is C18H38OSi2. The molecule has 124 valence electrons. The van der Waals surface area contributed by atoms with E-state index in [1.807, 2.05) is 0 Å². The fraction of sp³-hybridized carbons (Fsp3) is 1.00. The monoisotopic (exact) mass is 326 g/mol. The number of hydrogen-bond donors (Lipinski definition) is 0. The Kier molecular flexibility index (Phi) is 6.58. The van der Waals surface area contributed by atoms with Crippen molar-refractivity contribution in [3.63, 3.8) is 0 Å². The van der Waals surface area contributed by atoms with Crippen LogP contribution in [0.5, 0.6) is 0 Å². The van der Waals surface area contributed by atoms with E-state index in [0.29, 0.717) is 0 Å². The number of hydrogen-bond acceptors (Lipinski definition) is 1. The molecule has 1 nitrogen and oxygen atoms in total. The Labute approximate surface area is 135 Å². The van der Waals surface area contributed by atoms with E-state index in [9.17, 15) is 0 Å². The van der Waals surface area contributed by atoms with Gasteiger partial charge in [-0.3, -0.25) is 0 Å². The summed E-state index contributed by atoms with van der Waals surface area (Å²) in [5, 5.41) is 0. The van der Waals surface area contributed by atoms with E-state index in [2.05, 4.69) is 27.7 Å². The van der Waals surface area contributed by atoms with Crippen molar-refractivity contribution >= 4 is 16.6 Å². The van der Waals surface area contributed by atoms with E-state index in [0.717, 1.165) is 11.1 Å². The lowest BCUT2D eigenvalue weighted by Crippen LogP contribution is -2.54.